The number of benzene rings is 2. The summed E-state index contributed by atoms with van der Waals surface area (Å²) >= 11 is 1.01. The summed E-state index contributed by atoms with van der Waals surface area (Å²) in [6.07, 6.45) is 1.28. The molecular formula is C26H21N5O8S. The molecule has 0 bridgehead atoms. The van der Waals surface area contributed by atoms with Gasteiger partial charge in [0.15, 0.2) is 34.3 Å². The van der Waals surface area contributed by atoms with Crippen LogP contribution >= 0.6 is 11.3 Å². The third-order valence-corrected chi connectivity index (χ3v) is 7.20. The van der Waals surface area contributed by atoms with Crippen LogP contribution in [0.5, 0.6) is 11.5 Å². The number of oxazole rings is 1. The zero-order valence-corrected chi connectivity index (χ0v) is 21.7. The third kappa shape index (κ3) is 4.68. The van der Waals surface area contributed by atoms with Gasteiger partial charge in [-0.2, -0.15) is 0 Å². The monoisotopic (exact) mass is 563 g/mol. The van der Waals surface area contributed by atoms with Crippen molar-refractivity contribution in [3.8, 4) is 11.5 Å². The summed E-state index contributed by atoms with van der Waals surface area (Å²) < 4.78 is 21.1. The number of carbonyl (C=O) groups excluding carboxylic acids is 4. The third-order valence-electron chi connectivity index (χ3n) is 6.44. The molecule has 0 saturated carbocycles. The molecule has 2 atom stereocenters. The predicted molar refractivity (Wildman–Crippen MR) is 139 cm³/mol. The highest BCUT2D eigenvalue weighted by atomic mass is 32.1. The molecule has 40 heavy (non-hydrogen) atoms. The molecule has 2 aliphatic rings. The van der Waals surface area contributed by atoms with Gasteiger partial charge in [0.25, 0.3) is 5.91 Å². The summed E-state index contributed by atoms with van der Waals surface area (Å²) in [6, 6.07) is 7.08. The van der Waals surface area contributed by atoms with Crippen LogP contribution in [0.4, 0.5) is 9.93 Å². The quantitative estimate of drug-likeness (QED) is 0.253. The van der Waals surface area contributed by atoms with Crippen molar-refractivity contribution in [1.82, 2.24) is 20.2 Å². The lowest BCUT2D eigenvalue weighted by Gasteiger charge is -2.24. The maximum Gasteiger partial charge on any atom is 0.357 e. The number of amides is 4. The molecule has 4 amide bonds. The summed E-state index contributed by atoms with van der Waals surface area (Å²) in [5, 5.41) is 6.84. The number of imide groups is 1. The zero-order valence-electron chi connectivity index (χ0n) is 20.9. The smallest absolute Gasteiger partial charge is 0.357 e. The van der Waals surface area contributed by atoms with E-state index in [0.717, 1.165) is 16.2 Å². The molecule has 4 heterocycles. The minimum atomic E-state index is -1.26. The van der Waals surface area contributed by atoms with Crippen molar-refractivity contribution < 1.29 is 37.8 Å². The topological polar surface area (TPSA) is 162 Å². The lowest BCUT2D eigenvalue weighted by Crippen LogP contribution is -2.49. The van der Waals surface area contributed by atoms with Crippen LogP contribution in [0.3, 0.4) is 0 Å². The Hall–Kier alpha value is -4.98. The van der Waals surface area contributed by atoms with Crippen molar-refractivity contribution >= 4 is 51.4 Å². The molecule has 2 aromatic carbocycles. The number of nitrogens with zero attached hydrogens (tertiary/aromatic N) is 3. The van der Waals surface area contributed by atoms with E-state index in [1.165, 1.54) is 18.9 Å². The maximum atomic E-state index is 13.7. The number of anilines is 1. The van der Waals surface area contributed by atoms with E-state index in [0.29, 0.717) is 46.9 Å². The Bertz CT molecular complexity index is 1650. The van der Waals surface area contributed by atoms with Crippen molar-refractivity contribution in [3.63, 3.8) is 0 Å². The van der Waals surface area contributed by atoms with Crippen molar-refractivity contribution in [2.75, 3.05) is 25.6 Å². The number of methoxy groups -OCH3 is 1. The number of ether oxygens (including phenoxy) is 3. The number of thiazole rings is 1. The summed E-state index contributed by atoms with van der Waals surface area (Å²) in [7, 11) is 1.22. The average molecular weight is 564 g/mol. The Morgan fingerprint density at radius 1 is 1.18 bits per heavy atom. The fourth-order valence-corrected chi connectivity index (χ4v) is 5.21. The van der Waals surface area contributed by atoms with E-state index >= 15 is 0 Å². The fraction of sp³-hybridized carbons (Fsp3) is 0.231. The van der Waals surface area contributed by atoms with Gasteiger partial charge in [-0.1, -0.05) is 12.1 Å². The number of hydrogen-bond acceptors (Lipinski definition) is 11. The largest absolute Gasteiger partial charge is 0.486 e. The van der Waals surface area contributed by atoms with Gasteiger partial charge >= 0.3 is 12.0 Å². The second-order valence-electron chi connectivity index (χ2n) is 8.89. The molecular weight excluding hydrogens is 542 g/mol. The van der Waals surface area contributed by atoms with Gasteiger partial charge in [0.2, 0.25) is 5.91 Å². The Morgan fingerprint density at radius 2 is 2.00 bits per heavy atom. The Labute approximate surface area is 230 Å². The number of esters is 1. The number of rotatable bonds is 7. The van der Waals surface area contributed by atoms with Crippen molar-refractivity contribution in [3.05, 3.63) is 65.0 Å². The van der Waals surface area contributed by atoms with Crippen LogP contribution in [0, 0.1) is 0 Å². The highest BCUT2D eigenvalue weighted by molar-refractivity contribution is 7.14. The molecule has 14 heteroatoms. The standard InChI is InChI=1S/C26H21N5O8S/c1-36-24(34)16-11-40-25(28-16)30-22(32)17(9-13-2-4-18-15(8-13)27-12-39-18)31-23(33)21(29-26(31)35)14-3-5-19-20(10-14)38-7-6-37-19/h2-5,8,10-12,17,21H,6-7,9H2,1H3,(H,29,35)(H,28,30,32)/t17-,21+/m0/s1. The minimum Gasteiger partial charge on any atom is -0.486 e. The van der Waals surface area contributed by atoms with Gasteiger partial charge in [-0.15, -0.1) is 11.3 Å². The Morgan fingerprint density at radius 3 is 2.83 bits per heavy atom. The Balaban J connectivity index is 1.30. The summed E-state index contributed by atoms with van der Waals surface area (Å²) in [5.74, 6) is -0.940. The van der Waals surface area contributed by atoms with Crippen LogP contribution < -0.4 is 20.1 Å². The predicted octanol–water partition coefficient (Wildman–Crippen LogP) is 2.69. The summed E-state index contributed by atoms with van der Waals surface area (Å²) in [5.41, 5.74) is 2.25. The van der Waals surface area contributed by atoms with Gasteiger partial charge in [0.05, 0.1) is 7.11 Å². The first-order valence-corrected chi connectivity index (χ1v) is 13.0. The first-order chi connectivity index (χ1) is 19.4. The number of fused-ring (bicyclic) bond motifs is 2. The normalized spacial score (nSPS) is 17.0. The SMILES string of the molecule is COC(=O)c1csc(NC(=O)[C@H](Cc2ccc3ocnc3c2)N2C(=O)N[C@H](c3ccc4c(c3)OCCO4)C2=O)n1. The molecule has 0 aliphatic carbocycles. The van der Waals surface area contributed by atoms with Crippen LogP contribution in [-0.4, -0.2) is 65.0 Å². The molecule has 0 spiro atoms. The molecule has 204 valence electrons. The summed E-state index contributed by atoms with van der Waals surface area (Å²) in [4.78, 5) is 61.4. The maximum absolute atomic E-state index is 13.7. The molecule has 2 aliphatic heterocycles. The average Bonchev–Trinajstić information content (AvgIpc) is 3.70. The second kappa shape index (κ2) is 10.3. The van der Waals surface area contributed by atoms with Gasteiger partial charge in [0.1, 0.15) is 30.8 Å². The highest BCUT2D eigenvalue weighted by Crippen LogP contribution is 2.35. The molecule has 0 unspecified atom stereocenters. The van der Waals surface area contributed by atoms with Crippen LogP contribution in [0.25, 0.3) is 11.1 Å². The molecule has 2 aromatic heterocycles. The summed E-state index contributed by atoms with van der Waals surface area (Å²) in [6.45, 7) is 0.774. The molecule has 6 rings (SSSR count). The van der Waals surface area contributed by atoms with E-state index in [1.807, 2.05) is 0 Å². The van der Waals surface area contributed by atoms with Crippen LogP contribution in [-0.2, 0) is 20.7 Å². The lowest BCUT2D eigenvalue weighted by atomic mass is 10.0. The first-order valence-electron chi connectivity index (χ1n) is 12.1. The molecule has 1 fully saturated rings. The van der Waals surface area contributed by atoms with Crippen LogP contribution in [0.1, 0.15) is 27.7 Å². The van der Waals surface area contributed by atoms with E-state index in [9.17, 15) is 19.2 Å². The van der Waals surface area contributed by atoms with E-state index in [4.69, 9.17) is 13.9 Å². The van der Waals surface area contributed by atoms with Gasteiger partial charge in [-0.3, -0.25) is 9.59 Å². The highest BCUT2D eigenvalue weighted by Gasteiger charge is 2.45. The van der Waals surface area contributed by atoms with Gasteiger partial charge in [-0.05, 0) is 35.4 Å². The minimum absolute atomic E-state index is 0.0170. The molecule has 2 N–H and O–H groups in total. The molecule has 1 saturated heterocycles. The molecule has 0 radical (unpaired) electrons. The van der Waals surface area contributed by atoms with Crippen molar-refractivity contribution in [2.45, 2.75) is 18.5 Å². The first kappa shape index (κ1) is 25.3. The lowest BCUT2D eigenvalue weighted by molar-refractivity contribution is -0.134. The number of aromatic nitrogens is 2. The number of nitrogens with one attached hydrogen (secondary N) is 2. The van der Waals surface area contributed by atoms with Crippen molar-refractivity contribution in [1.29, 1.82) is 0 Å². The van der Waals surface area contributed by atoms with Gasteiger partial charge in [0, 0.05) is 11.8 Å². The van der Waals surface area contributed by atoms with E-state index in [-0.39, 0.29) is 17.2 Å². The number of carbonyl (C=O) groups is 4. The van der Waals surface area contributed by atoms with E-state index < -0.39 is 35.9 Å². The van der Waals surface area contributed by atoms with Crippen LogP contribution in [0.15, 0.2) is 52.6 Å². The van der Waals surface area contributed by atoms with Gasteiger partial charge < -0.3 is 29.3 Å². The van der Waals surface area contributed by atoms with Crippen molar-refractivity contribution in [2.24, 2.45) is 0 Å². The number of urea groups is 1. The van der Waals surface area contributed by atoms with E-state index in [1.54, 1.807) is 36.4 Å². The number of hydrogen-bond donors (Lipinski definition) is 2. The van der Waals surface area contributed by atoms with Crippen LogP contribution in [0.2, 0.25) is 0 Å². The molecule has 4 aromatic rings. The second-order valence-corrected chi connectivity index (χ2v) is 9.75. The van der Waals surface area contributed by atoms with Gasteiger partial charge in [-0.25, -0.2) is 24.5 Å². The zero-order chi connectivity index (χ0) is 27.8. The fourth-order valence-electron chi connectivity index (χ4n) is 4.53. The molecule has 13 nitrogen and oxygen atoms in total. The van der Waals surface area contributed by atoms with E-state index in [2.05, 4.69) is 25.3 Å². The Kier molecular flexibility index (Phi) is 6.51.